The second-order valence-corrected chi connectivity index (χ2v) is 8.17. The first kappa shape index (κ1) is 19.9. The summed E-state index contributed by atoms with van der Waals surface area (Å²) in [5, 5.41) is 18.7. The molecule has 3 N–H and O–H groups in total. The van der Waals surface area contributed by atoms with Gasteiger partial charge >= 0.3 is 0 Å². The molecule has 0 amide bonds. The molecule has 0 aromatic carbocycles. The van der Waals surface area contributed by atoms with Gasteiger partial charge in [0.2, 0.25) is 0 Å². The van der Waals surface area contributed by atoms with Crippen molar-refractivity contribution in [2.75, 3.05) is 31.5 Å². The molecule has 4 heterocycles. The topological polar surface area (TPSA) is 101 Å². The average molecular weight is 420 g/mol. The number of piperazine rings is 1. The second-order valence-electron chi connectivity index (χ2n) is 8.17. The van der Waals surface area contributed by atoms with Crippen LogP contribution in [0.25, 0.3) is 11.3 Å². The summed E-state index contributed by atoms with van der Waals surface area (Å²) in [6, 6.07) is 7.00. The lowest BCUT2D eigenvalue weighted by molar-refractivity contribution is 0.243. The van der Waals surface area contributed by atoms with E-state index >= 15 is 0 Å². The maximum atomic E-state index is 14.3. The Hall–Kier alpha value is -3.04. The molecule has 5 rings (SSSR count). The fourth-order valence-electron chi connectivity index (χ4n) is 4.20. The van der Waals surface area contributed by atoms with Gasteiger partial charge in [-0.05, 0) is 37.1 Å². The fraction of sp³-hybridized carbons (Fsp3) is 0.409. The second kappa shape index (κ2) is 8.60. The van der Waals surface area contributed by atoms with Gasteiger partial charge < -0.3 is 16.0 Å². The third kappa shape index (κ3) is 4.11. The molecule has 1 saturated carbocycles. The van der Waals surface area contributed by atoms with E-state index in [0.29, 0.717) is 23.8 Å². The highest BCUT2D eigenvalue weighted by molar-refractivity contribution is 5.57. The van der Waals surface area contributed by atoms with Gasteiger partial charge in [0.15, 0.2) is 0 Å². The Morgan fingerprint density at radius 2 is 1.94 bits per heavy atom. The van der Waals surface area contributed by atoms with Gasteiger partial charge in [-0.3, -0.25) is 4.98 Å². The highest BCUT2D eigenvalue weighted by Crippen LogP contribution is 2.43. The number of halogens is 1. The van der Waals surface area contributed by atoms with Crippen LogP contribution >= 0.6 is 0 Å². The van der Waals surface area contributed by atoms with Crippen molar-refractivity contribution in [1.82, 2.24) is 35.8 Å². The number of pyridine rings is 1. The van der Waals surface area contributed by atoms with E-state index in [4.69, 9.17) is 0 Å². The van der Waals surface area contributed by atoms with Gasteiger partial charge in [0.25, 0.3) is 0 Å². The average Bonchev–Trinajstić information content (AvgIpc) is 2.81. The number of hydrogen-bond donors (Lipinski definition) is 3. The Morgan fingerprint density at radius 3 is 2.58 bits per heavy atom. The molecule has 1 aliphatic heterocycles. The quantitative estimate of drug-likeness (QED) is 0.558. The van der Waals surface area contributed by atoms with Crippen LogP contribution in [0, 0.1) is 5.82 Å². The molecular weight excluding hydrogens is 395 g/mol. The third-order valence-corrected chi connectivity index (χ3v) is 6.16. The zero-order chi connectivity index (χ0) is 21.1. The zero-order valence-electron chi connectivity index (χ0n) is 17.2. The molecule has 1 aliphatic carbocycles. The van der Waals surface area contributed by atoms with Crippen LogP contribution < -0.4 is 16.0 Å². The highest BCUT2D eigenvalue weighted by atomic mass is 19.1. The van der Waals surface area contributed by atoms with Crippen molar-refractivity contribution in [3.8, 4) is 11.3 Å². The molecule has 2 aliphatic rings. The molecular formula is C22H25FN8. The minimum atomic E-state index is -0.280. The largest absolute Gasteiger partial charge is 0.368 e. The number of aromatic nitrogens is 5. The van der Waals surface area contributed by atoms with Crippen molar-refractivity contribution in [3.05, 3.63) is 60.2 Å². The lowest BCUT2D eigenvalue weighted by Crippen LogP contribution is -2.43. The van der Waals surface area contributed by atoms with E-state index < -0.39 is 0 Å². The summed E-state index contributed by atoms with van der Waals surface area (Å²) in [4.78, 5) is 13.3. The van der Waals surface area contributed by atoms with E-state index in [-0.39, 0.29) is 17.3 Å². The number of hydrogen-bond acceptors (Lipinski definition) is 8. The summed E-state index contributed by atoms with van der Waals surface area (Å²) in [5.41, 5.74) is 1.79. The molecule has 160 valence electrons. The van der Waals surface area contributed by atoms with Crippen LogP contribution in [0.4, 0.5) is 10.2 Å². The molecule has 31 heavy (non-hydrogen) atoms. The molecule has 3 aromatic heterocycles. The van der Waals surface area contributed by atoms with E-state index in [2.05, 4.69) is 41.1 Å². The molecule has 0 radical (unpaired) electrons. The van der Waals surface area contributed by atoms with Gasteiger partial charge in [0.05, 0.1) is 17.4 Å². The number of nitrogens with zero attached hydrogens (tertiary/aromatic N) is 5. The number of rotatable bonds is 6. The molecule has 0 spiro atoms. The van der Waals surface area contributed by atoms with Crippen molar-refractivity contribution in [3.63, 3.8) is 0 Å². The Balaban J connectivity index is 1.24. The van der Waals surface area contributed by atoms with E-state index in [9.17, 15) is 4.39 Å². The predicted octanol–water partition coefficient (Wildman–Crippen LogP) is 2.24. The first-order valence-corrected chi connectivity index (χ1v) is 10.7. The van der Waals surface area contributed by atoms with E-state index in [1.54, 1.807) is 24.7 Å². The standard InChI is InChI=1S/C22H25FN8/c23-16-3-1-8-26-20(16)22(6-2-7-22)14-29-19-5-4-17(30-31-19)15-11-27-21(28-12-15)18-13-24-9-10-25-18/h1,3-5,8,11-12,18,24-25H,2,6-7,9-10,13-14H2,(H,29,31). The molecule has 1 unspecified atom stereocenters. The first-order chi connectivity index (χ1) is 15.2. The van der Waals surface area contributed by atoms with Crippen molar-refractivity contribution in [2.45, 2.75) is 30.7 Å². The van der Waals surface area contributed by atoms with E-state index in [1.165, 1.54) is 6.07 Å². The molecule has 8 nitrogen and oxygen atoms in total. The van der Waals surface area contributed by atoms with Crippen molar-refractivity contribution in [1.29, 1.82) is 0 Å². The Bertz CT molecular complexity index is 1010. The lowest BCUT2D eigenvalue weighted by Gasteiger charge is -2.41. The Morgan fingerprint density at radius 1 is 1.06 bits per heavy atom. The Kier molecular flexibility index (Phi) is 5.52. The minimum Gasteiger partial charge on any atom is -0.368 e. The maximum absolute atomic E-state index is 14.3. The Labute approximate surface area is 180 Å². The molecule has 1 atom stereocenters. The normalized spacial score (nSPS) is 20.1. The summed E-state index contributed by atoms with van der Waals surface area (Å²) in [6.07, 6.45) is 8.11. The molecule has 3 aromatic rings. The molecule has 9 heteroatoms. The van der Waals surface area contributed by atoms with Crippen molar-refractivity contribution in [2.24, 2.45) is 0 Å². The summed E-state index contributed by atoms with van der Waals surface area (Å²) in [5.74, 6) is 1.18. The monoisotopic (exact) mass is 420 g/mol. The van der Waals surface area contributed by atoms with E-state index in [0.717, 1.165) is 50.3 Å². The zero-order valence-corrected chi connectivity index (χ0v) is 17.2. The fourth-order valence-corrected chi connectivity index (χ4v) is 4.20. The van der Waals surface area contributed by atoms with Gasteiger partial charge in [-0.25, -0.2) is 14.4 Å². The van der Waals surface area contributed by atoms with Crippen LogP contribution in [0.1, 0.15) is 36.8 Å². The molecule has 1 saturated heterocycles. The molecule has 2 fully saturated rings. The summed E-state index contributed by atoms with van der Waals surface area (Å²) in [7, 11) is 0. The van der Waals surface area contributed by atoms with Crippen LogP contribution in [-0.4, -0.2) is 51.3 Å². The van der Waals surface area contributed by atoms with Crippen LogP contribution in [0.5, 0.6) is 0 Å². The first-order valence-electron chi connectivity index (χ1n) is 10.7. The van der Waals surface area contributed by atoms with Crippen molar-refractivity contribution < 1.29 is 4.39 Å². The van der Waals surface area contributed by atoms with E-state index in [1.807, 2.05) is 12.1 Å². The minimum absolute atomic E-state index is 0.128. The smallest absolute Gasteiger partial charge is 0.148 e. The van der Waals surface area contributed by atoms with Crippen LogP contribution in [0.15, 0.2) is 42.9 Å². The highest BCUT2D eigenvalue weighted by Gasteiger charge is 2.41. The number of anilines is 1. The van der Waals surface area contributed by atoms with Crippen molar-refractivity contribution >= 4 is 5.82 Å². The SMILES string of the molecule is Fc1cccnc1C1(CNc2ccc(-c3cnc(C4CNCCN4)nc3)nn2)CCC1. The van der Waals surface area contributed by atoms with Crippen LogP contribution in [0.2, 0.25) is 0 Å². The van der Waals surface area contributed by atoms with Crippen LogP contribution in [-0.2, 0) is 5.41 Å². The lowest BCUT2D eigenvalue weighted by atomic mass is 9.66. The molecule has 0 bridgehead atoms. The summed E-state index contributed by atoms with van der Waals surface area (Å²) in [6.45, 7) is 3.27. The van der Waals surface area contributed by atoms with Gasteiger partial charge in [0, 0.05) is 55.7 Å². The predicted molar refractivity (Wildman–Crippen MR) is 115 cm³/mol. The van der Waals surface area contributed by atoms with Gasteiger partial charge in [-0.2, -0.15) is 0 Å². The van der Waals surface area contributed by atoms with Gasteiger partial charge in [-0.15, -0.1) is 10.2 Å². The number of nitrogens with one attached hydrogen (secondary N) is 3. The van der Waals surface area contributed by atoms with Gasteiger partial charge in [-0.1, -0.05) is 6.42 Å². The van der Waals surface area contributed by atoms with Crippen LogP contribution in [0.3, 0.4) is 0 Å². The summed E-state index contributed by atoms with van der Waals surface area (Å²) >= 11 is 0. The summed E-state index contributed by atoms with van der Waals surface area (Å²) < 4.78 is 14.3. The maximum Gasteiger partial charge on any atom is 0.148 e. The van der Waals surface area contributed by atoms with Gasteiger partial charge in [0.1, 0.15) is 17.5 Å². The third-order valence-electron chi connectivity index (χ3n) is 6.16.